The van der Waals surface area contributed by atoms with Crippen LogP contribution in [0.1, 0.15) is 20.8 Å². The topological polar surface area (TPSA) is 9.23 Å². The number of rotatable bonds is 1. The van der Waals surface area contributed by atoms with Crippen molar-refractivity contribution in [3.63, 3.8) is 0 Å². The van der Waals surface area contributed by atoms with Crippen LogP contribution >= 0.6 is 9.24 Å². The maximum absolute atomic E-state index is 6.41. The average Bonchev–Trinajstić information content (AvgIpc) is 1.78. The van der Waals surface area contributed by atoms with E-state index < -0.39 is 16.4 Å². The molecule has 14 heavy (non-hydrogen) atoms. The van der Waals surface area contributed by atoms with E-state index in [-0.39, 0.29) is 4.97 Å². The fourth-order valence-electron chi connectivity index (χ4n) is 1.73. The van der Waals surface area contributed by atoms with Crippen molar-refractivity contribution in [3.05, 3.63) is 0 Å². The van der Waals surface area contributed by atoms with E-state index in [9.17, 15) is 0 Å². The Morgan fingerprint density at radius 2 is 1.64 bits per heavy atom. The number of hydrogen-bond acceptors (Lipinski definition) is 1. The first-order chi connectivity index (χ1) is 5.91. The first kappa shape index (κ1) is 12.9. The Morgan fingerprint density at radius 1 is 1.29 bits per heavy atom. The van der Waals surface area contributed by atoms with Gasteiger partial charge in [0.2, 0.25) is 0 Å². The third-order valence-corrected chi connectivity index (χ3v) is 16.0. The Bertz CT molecular complexity index is 209. The average molecular weight is 248 g/mol. The molecule has 0 spiro atoms. The normalized spacial score (nSPS) is 39.4. The van der Waals surface area contributed by atoms with Gasteiger partial charge in [0.15, 0.2) is 8.32 Å². The lowest BCUT2D eigenvalue weighted by molar-refractivity contribution is 0.156. The SMILES string of the molecule is CC(C)(C)[Si]1(C)CC(P)([Si](C)(C)C)O1. The standard InChI is InChI=1S/C10H25OPSi2/c1-9(2,3)14(7)8-10(12,11-14)13(4,5)6/h8,12H2,1-7H3. The van der Waals surface area contributed by atoms with Crippen LogP contribution in [0.3, 0.4) is 0 Å². The van der Waals surface area contributed by atoms with Crippen molar-refractivity contribution in [3.8, 4) is 0 Å². The zero-order valence-electron chi connectivity index (χ0n) is 10.7. The lowest BCUT2D eigenvalue weighted by atomic mass is 10.2. The summed E-state index contributed by atoms with van der Waals surface area (Å²) in [6, 6.07) is 1.32. The monoisotopic (exact) mass is 248 g/mol. The van der Waals surface area contributed by atoms with E-state index >= 15 is 0 Å². The Labute approximate surface area is 93.3 Å². The van der Waals surface area contributed by atoms with Crippen LogP contribution in [0.15, 0.2) is 0 Å². The van der Waals surface area contributed by atoms with E-state index in [1.807, 2.05) is 0 Å². The van der Waals surface area contributed by atoms with E-state index in [1.165, 1.54) is 6.04 Å². The van der Waals surface area contributed by atoms with Gasteiger partial charge in [-0.1, -0.05) is 40.4 Å². The quantitative estimate of drug-likeness (QED) is 0.506. The van der Waals surface area contributed by atoms with Crippen molar-refractivity contribution < 1.29 is 4.43 Å². The van der Waals surface area contributed by atoms with Crippen molar-refractivity contribution >= 4 is 25.6 Å². The third-order valence-electron chi connectivity index (χ3n) is 3.86. The zero-order chi connectivity index (χ0) is 11.4. The highest BCUT2D eigenvalue weighted by atomic mass is 31.0. The summed E-state index contributed by atoms with van der Waals surface area (Å²) >= 11 is 0. The summed E-state index contributed by atoms with van der Waals surface area (Å²) in [5.74, 6) is 0. The molecule has 1 aliphatic heterocycles. The molecular formula is C10H25OPSi2. The van der Waals surface area contributed by atoms with E-state index in [1.54, 1.807) is 0 Å². The molecule has 84 valence electrons. The minimum absolute atomic E-state index is 0.168. The van der Waals surface area contributed by atoms with E-state index in [0.717, 1.165) is 0 Å². The molecule has 0 radical (unpaired) electrons. The molecule has 1 nitrogen and oxygen atoms in total. The number of hydrogen-bond donors (Lipinski definition) is 0. The molecule has 3 unspecified atom stereocenters. The first-order valence-corrected chi connectivity index (χ1v) is 12.1. The maximum atomic E-state index is 6.41. The van der Waals surface area contributed by atoms with Gasteiger partial charge in [-0.2, -0.15) is 0 Å². The second-order valence-corrected chi connectivity index (χ2v) is 18.3. The van der Waals surface area contributed by atoms with Crippen molar-refractivity contribution in [1.29, 1.82) is 0 Å². The Kier molecular flexibility index (Phi) is 2.91. The van der Waals surface area contributed by atoms with Gasteiger partial charge in [0, 0.05) is 0 Å². The van der Waals surface area contributed by atoms with Crippen LogP contribution in [0.25, 0.3) is 0 Å². The van der Waals surface area contributed by atoms with Crippen LogP contribution in [-0.2, 0) is 4.43 Å². The van der Waals surface area contributed by atoms with Crippen molar-refractivity contribution in [2.45, 2.75) is 63.0 Å². The van der Waals surface area contributed by atoms with Gasteiger partial charge in [-0.05, 0) is 17.6 Å². The Balaban J connectivity index is 2.76. The molecule has 1 fully saturated rings. The van der Waals surface area contributed by atoms with E-state index in [2.05, 4.69) is 56.2 Å². The summed E-state index contributed by atoms with van der Waals surface area (Å²) in [5, 5.41) is 0.382. The molecule has 0 aliphatic carbocycles. The van der Waals surface area contributed by atoms with Gasteiger partial charge in [0.25, 0.3) is 0 Å². The summed E-state index contributed by atoms with van der Waals surface area (Å²) in [6.07, 6.45) is 0. The Hall–Kier alpha value is 0.824. The van der Waals surface area contributed by atoms with Crippen LogP contribution in [0.2, 0.25) is 37.3 Å². The zero-order valence-corrected chi connectivity index (χ0v) is 13.8. The van der Waals surface area contributed by atoms with Crippen LogP contribution in [-0.4, -0.2) is 21.4 Å². The van der Waals surface area contributed by atoms with E-state index in [0.29, 0.717) is 5.04 Å². The molecule has 0 bridgehead atoms. The highest BCUT2D eigenvalue weighted by Crippen LogP contribution is 2.58. The van der Waals surface area contributed by atoms with Crippen molar-refractivity contribution in [2.24, 2.45) is 0 Å². The largest absolute Gasteiger partial charge is 0.411 e. The molecule has 4 heteroatoms. The van der Waals surface area contributed by atoms with Crippen molar-refractivity contribution in [1.82, 2.24) is 0 Å². The summed E-state index contributed by atoms with van der Waals surface area (Å²) in [6.45, 7) is 16.6. The van der Waals surface area contributed by atoms with Gasteiger partial charge >= 0.3 is 0 Å². The molecule has 0 N–H and O–H groups in total. The molecule has 0 aromatic carbocycles. The van der Waals surface area contributed by atoms with E-state index in [4.69, 9.17) is 4.43 Å². The lowest BCUT2D eigenvalue weighted by Gasteiger charge is -2.62. The third kappa shape index (κ3) is 1.89. The Morgan fingerprint density at radius 3 is 1.86 bits per heavy atom. The predicted octanol–water partition coefficient (Wildman–Crippen LogP) is 3.84. The molecule has 1 saturated heterocycles. The second kappa shape index (κ2) is 3.16. The summed E-state index contributed by atoms with van der Waals surface area (Å²) < 4.78 is 6.41. The van der Waals surface area contributed by atoms with Crippen LogP contribution in [0, 0.1) is 0 Å². The molecule has 0 aromatic heterocycles. The van der Waals surface area contributed by atoms with Crippen LogP contribution < -0.4 is 0 Å². The van der Waals surface area contributed by atoms with Crippen LogP contribution in [0.5, 0.6) is 0 Å². The highest BCUT2D eigenvalue weighted by Gasteiger charge is 2.62. The fraction of sp³-hybridized carbons (Fsp3) is 1.00. The van der Waals surface area contributed by atoms with Gasteiger partial charge in [-0.25, -0.2) is 0 Å². The summed E-state index contributed by atoms with van der Waals surface area (Å²) in [4.78, 5) is 0.168. The van der Waals surface area contributed by atoms with Gasteiger partial charge in [-0.3, -0.25) is 0 Å². The summed E-state index contributed by atoms with van der Waals surface area (Å²) in [7, 11) is 0.379. The van der Waals surface area contributed by atoms with Gasteiger partial charge in [0.1, 0.15) is 0 Å². The molecule has 3 atom stereocenters. The van der Waals surface area contributed by atoms with Gasteiger partial charge in [0.05, 0.1) is 13.0 Å². The molecule has 0 saturated carbocycles. The molecule has 1 heterocycles. The molecular weight excluding hydrogens is 223 g/mol. The fourth-order valence-corrected chi connectivity index (χ4v) is 11.3. The molecule has 1 rings (SSSR count). The predicted molar refractivity (Wildman–Crippen MR) is 73.0 cm³/mol. The minimum atomic E-state index is -1.43. The summed E-state index contributed by atoms with van der Waals surface area (Å²) in [5.41, 5.74) is 0. The second-order valence-electron chi connectivity index (χ2n) is 6.90. The smallest absolute Gasteiger partial charge is 0.198 e. The van der Waals surface area contributed by atoms with Gasteiger partial charge < -0.3 is 4.43 Å². The maximum Gasteiger partial charge on any atom is 0.198 e. The van der Waals surface area contributed by atoms with Crippen LogP contribution in [0.4, 0.5) is 0 Å². The minimum Gasteiger partial charge on any atom is -0.411 e. The molecule has 0 aromatic rings. The lowest BCUT2D eigenvalue weighted by Crippen LogP contribution is -2.70. The molecule has 0 amide bonds. The highest BCUT2D eigenvalue weighted by molar-refractivity contribution is 7.28. The van der Waals surface area contributed by atoms with Crippen molar-refractivity contribution in [2.75, 3.05) is 0 Å². The molecule has 1 aliphatic rings. The van der Waals surface area contributed by atoms with Gasteiger partial charge in [-0.15, -0.1) is 9.24 Å². The first-order valence-electron chi connectivity index (χ1n) is 5.40.